The molecule has 1 aliphatic heterocycles. The Hall–Kier alpha value is -1.69. The van der Waals surface area contributed by atoms with Gasteiger partial charge in [-0.3, -0.25) is 9.89 Å². The van der Waals surface area contributed by atoms with Gasteiger partial charge in [-0.15, -0.1) is 11.3 Å². The lowest BCUT2D eigenvalue weighted by atomic mass is 9.91. The fourth-order valence-electron chi connectivity index (χ4n) is 3.20. The van der Waals surface area contributed by atoms with Crippen molar-refractivity contribution in [1.82, 2.24) is 20.1 Å². The van der Waals surface area contributed by atoms with Gasteiger partial charge in [0.05, 0.1) is 16.9 Å². The molecular weight excluding hydrogens is 296 g/mol. The fraction of sp³-hybridized carbons (Fsp3) is 0.562. The molecule has 2 aromatic heterocycles. The molecule has 118 valence electrons. The average molecular weight is 318 g/mol. The van der Waals surface area contributed by atoms with E-state index in [9.17, 15) is 4.79 Å². The molecule has 0 unspecified atom stereocenters. The van der Waals surface area contributed by atoms with E-state index in [0.29, 0.717) is 5.92 Å². The van der Waals surface area contributed by atoms with Crippen molar-refractivity contribution in [3.63, 3.8) is 0 Å². The van der Waals surface area contributed by atoms with E-state index < -0.39 is 0 Å². The molecule has 0 aromatic carbocycles. The maximum Gasteiger partial charge on any atom is 0.265 e. The van der Waals surface area contributed by atoms with Crippen molar-refractivity contribution in [3.05, 3.63) is 33.0 Å². The van der Waals surface area contributed by atoms with Crippen LogP contribution in [0.1, 0.15) is 57.3 Å². The number of aryl methyl sites for hydroxylation is 3. The van der Waals surface area contributed by atoms with Crippen molar-refractivity contribution in [1.29, 1.82) is 0 Å². The molecule has 0 aliphatic carbocycles. The van der Waals surface area contributed by atoms with Crippen LogP contribution in [0.4, 0.5) is 0 Å². The summed E-state index contributed by atoms with van der Waals surface area (Å²) in [6.07, 6.45) is 4.93. The summed E-state index contributed by atoms with van der Waals surface area (Å²) in [5.41, 5.74) is 3.43. The molecule has 0 atom stereocenters. The van der Waals surface area contributed by atoms with Crippen LogP contribution in [-0.4, -0.2) is 39.1 Å². The lowest BCUT2D eigenvalue weighted by Crippen LogP contribution is -2.38. The summed E-state index contributed by atoms with van der Waals surface area (Å²) in [6, 6.07) is 0. The van der Waals surface area contributed by atoms with Gasteiger partial charge in [0.15, 0.2) is 0 Å². The number of likely N-dealkylation sites (tertiary alicyclic amines) is 1. The Morgan fingerprint density at radius 1 is 1.41 bits per heavy atom. The van der Waals surface area contributed by atoms with Crippen LogP contribution < -0.4 is 0 Å². The average Bonchev–Trinajstić information content (AvgIpc) is 3.12. The fourth-order valence-corrected chi connectivity index (χ4v) is 4.09. The molecule has 0 radical (unpaired) electrons. The molecule has 1 N–H and O–H groups in total. The molecule has 3 heterocycles. The summed E-state index contributed by atoms with van der Waals surface area (Å²) >= 11 is 1.50. The van der Waals surface area contributed by atoms with Crippen molar-refractivity contribution >= 4 is 17.2 Å². The lowest BCUT2D eigenvalue weighted by Gasteiger charge is -2.31. The highest BCUT2D eigenvalue weighted by Gasteiger charge is 2.28. The van der Waals surface area contributed by atoms with E-state index in [-0.39, 0.29) is 5.91 Å². The van der Waals surface area contributed by atoms with Crippen LogP contribution in [0.15, 0.2) is 6.20 Å². The Kier molecular flexibility index (Phi) is 4.29. The molecule has 0 saturated carbocycles. The number of hydrogen-bond donors (Lipinski definition) is 1. The number of nitrogens with zero attached hydrogens (tertiary/aromatic N) is 3. The molecule has 3 rings (SSSR count). The van der Waals surface area contributed by atoms with Crippen LogP contribution in [0.3, 0.4) is 0 Å². The molecule has 2 aromatic rings. The zero-order valence-electron chi connectivity index (χ0n) is 13.3. The predicted molar refractivity (Wildman–Crippen MR) is 87.4 cm³/mol. The highest BCUT2D eigenvalue weighted by Crippen LogP contribution is 2.30. The summed E-state index contributed by atoms with van der Waals surface area (Å²) in [7, 11) is 0. The van der Waals surface area contributed by atoms with E-state index in [4.69, 9.17) is 0 Å². The largest absolute Gasteiger partial charge is 0.338 e. The van der Waals surface area contributed by atoms with Gasteiger partial charge in [0.25, 0.3) is 5.91 Å². The zero-order valence-corrected chi connectivity index (χ0v) is 14.2. The number of carbonyl (C=O) groups is 1. The highest BCUT2D eigenvalue weighted by atomic mass is 32.1. The molecule has 1 aliphatic rings. The monoisotopic (exact) mass is 318 g/mol. The van der Waals surface area contributed by atoms with Crippen LogP contribution in [-0.2, 0) is 6.42 Å². The first-order valence-corrected chi connectivity index (χ1v) is 8.67. The standard InChI is InChI=1S/C16H22N4OS/c1-4-12-9-17-19-14(12)13-5-7-20(8-6-13)16(21)15-10(2)18-11(3)22-15/h9,13H,4-8H2,1-3H3,(H,17,19). The number of rotatable bonds is 3. The van der Waals surface area contributed by atoms with E-state index in [1.165, 1.54) is 22.6 Å². The Labute approximate surface area is 134 Å². The van der Waals surface area contributed by atoms with Gasteiger partial charge in [0.2, 0.25) is 0 Å². The van der Waals surface area contributed by atoms with E-state index in [2.05, 4.69) is 22.1 Å². The van der Waals surface area contributed by atoms with Crippen molar-refractivity contribution in [3.8, 4) is 0 Å². The summed E-state index contributed by atoms with van der Waals surface area (Å²) in [5.74, 6) is 0.632. The minimum absolute atomic E-state index is 0.141. The SMILES string of the molecule is CCc1cn[nH]c1C1CCN(C(=O)c2sc(C)nc2C)CC1. The quantitative estimate of drug-likeness (QED) is 0.946. The number of carbonyl (C=O) groups excluding carboxylic acids is 1. The number of amides is 1. The smallest absolute Gasteiger partial charge is 0.265 e. The van der Waals surface area contributed by atoms with Gasteiger partial charge in [0, 0.05) is 24.7 Å². The molecule has 5 nitrogen and oxygen atoms in total. The number of aromatic amines is 1. The van der Waals surface area contributed by atoms with E-state index in [0.717, 1.165) is 47.9 Å². The van der Waals surface area contributed by atoms with E-state index >= 15 is 0 Å². The number of aromatic nitrogens is 3. The molecule has 1 amide bonds. The van der Waals surface area contributed by atoms with Gasteiger partial charge < -0.3 is 4.90 Å². The number of piperidine rings is 1. The molecule has 1 saturated heterocycles. The second kappa shape index (κ2) is 6.20. The van der Waals surface area contributed by atoms with Crippen LogP contribution in [0.2, 0.25) is 0 Å². The molecule has 22 heavy (non-hydrogen) atoms. The summed E-state index contributed by atoms with van der Waals surface area (Å²) in [5, 5.41) is 8.28. The Morgan fingerprint density at radius 3 is 2.73 bits per heavy atom. The minimum Gasteiger partial charge on any atom is -0.338 e. The third kappa shape index (κ3) is 2.79. The van der Waals surface area contributed by atoms with Gasteiger partial charge in [-0.25, -0.2) is 4.98 Å². The number of H-pyrrole nitrogens is 1. The topological polar surface area (TPSA) is 61.9 Å². The number of thiazole rings is 1. The Balaban J connectivity index is 1.67. The van der Waals surface area contributed by atoms with Crippen molar-refractivity contribution in [2.75, 3.05) is 13.1 Å². The van der Waals surface area contributed by atoms with Crippen LogP contribution in [0, 0.1) is 13.8 Å². The summed E-state index contributed by atoms with van der Waals surface area (Å²) < 4.78 is 0. The van der Waals surface area contributed by atoms with Crippen LogP contribution in [0.5, 0.6) is 0 Å². The van der Waals surface area contributed by atoms with Gasteiger partial charge >= 0.3 is 0 Å². The second-order valence-electron chi connectivity index (χ2n) is 5.88. The van der Waals surface area contributed by atoms with Crippen LogP contribution in [0.25, 0.3) is 0 Å². The summed E-state index contributed by atoms with van der Waals surface area (Å²) in [4.78, 5) is 19.8. The van der Waals surface area contributed by atoms with Crippen molar-refractivity contribution < 1.29 is 4.79 Å². The van der Waals surface area contributed by atoms with E-state index in [1.54, 1.807) is 0 Å². The second-order valence-corrected chi connectivity index (χ2v) is 7.08. The van der Waals surface area contributed by atoms with Gasteiger partial charge in [-0.05, 0) is 38.7 Å². The van der Waals surface area contributed by atoms with Gasteiger partial charge in [-0.2, -0.15) is 5.10 Å². The number of hydrogen-bond acceptors (Lipinski definition) is 4. The first-order valence-electron chi connectivity index (χ1n) is 7.85. The molecular formula is C16H22N4OS. The molecule has 0 bridgehead atoms. The molecule has 0 spiro atoms. The zero-order chi connectivity index (χ0) is 15.7. The first kappa shape index (κ1) is 15.2. The van der Waals surface area contributed by atoms with Crippen molar-refractivity contribution in [2.45, 2.75) is 46.0 Å². The minimum atomic E-state index is 0.141. The first-order chi connectivity index (χ1) is 10.6. The highest BCUT2D eigenvalue weighted by molar-refractivity contribution is 7.13. The van der Waals surface area contributed by atoms with E-state index in [1.807, 2.05) is 24.9 Å². The third-order valence-electron chi connectivity index (χ3n) is 4.42. The third-order valence-corrected chi connectivity index (χ3v) is 5.48. The van der Waals surface area contributed by atoms with Gasteiger partial charge in [-0.1, -0.05) is 6.92 Å². The molecule has 1 fully saturated rings. The maximum absolute atomic E-state index is 12.6. The number of nitrogens with one attached hydrogen (secondary N) is 1. The van der Waals surface area contributed by atoms with Gasteiger partial charge in [0.1, 0.15) is 4.88 Å². The Bertz CT molecular complexity index is 667. The molecule has 6 heteroatoms. The predicted octanol–water partition coefficient (Wildman–Crippen LogP) is 3.07. The summed E-state index contributed by atoms with van der Waals surface area (Å²) in [6.45, 7) is 7.64. The van der Waals surface area contributed by atoms with Crippen molar-refractivity contribution in [2.24, 2.45) is 0 Å². The maximum atomic E-state index is 12.6. The normalized spacial score (nSPS) is 16.2. The lowest BCUT2D eigenvalue weighted by molar-refractivity contribution is 0.0716. The Morgan fingerprint density at radius 2 is 2.14 bits per heavy atom. The van der Waals surface area contributed by atoms with Crippen LogP contribution >= 0.6 is 11.3 Å².